The van der Waals surface area contributed by atoms with Crippen molar-refractivity contribution in [3.05, 3.63) is 0 Å². The minimum atomic E-state index is -0.696. The van der Waals surface area contributed by atoms with E-state index in [1.165, 1.54) is 0 Å². The highest BCUT2D eigenvalue weighted by atomic mass is 35.5. The Labute approximate surface area is 98.8 Å². The standard InChI is InChI=1S/C9H14Cl2O4/c1-9(2,15-8(13)6-11)3-4-14-7(12)5-10/h3-6H2,1-2H3. The second-order valence-electron chi connectivity index (χ2n) is 3.47. The predicted molar refractivity (Wildman–Crippen MR) is 57.2 cm³/mol. The lowest BCUT2D eigenvalue weighted by atomic mass is 10.1. The van der Waals surface area contributed by atoms with Gasteiger partial charge in [-0.2, -0.15) is 0 Å². The summed E-state index contributed by atoms with van der Waals surface area (Å²) >= 11 is 10.5. The molecule has 0 rings (SSSR count). The summed E-state index contributed by atoms with van der Waals surface area (Å²) in [5, 5.41) is 0. The summed E-state index contributed by atoms with van der Waals surface area (Å²) in [5.41, 5.74) is -0.696. The van der Waals surface area contributed by atoms with E-state index in [9.17, 15) is 9.59 Å². The smallest absolute Gasteiger partial charge is 0.321 e. The number of hydrogen-bond acceptors (Lipinski definition) is 4. The summed E-state index contributed by atoms with van der Waals surface area (Å²) in [6.45, 7) is 3.59. The second kappa shape index (κ2) is 6.90. The molecule has 6 heteroatoms. The first kappa shape index (κ1) is 14.5. The summed E-state index contributed by atoms with van der Waals surface area (Å²) in [4.78, 5) is 21.6. The van der Waals surface area contributed by atoms with Gasteiger partial charge in [-0.05, 0) is 13.8 Å². The third-order valence-corrected chi connectivity index (χ3v) is 2.01. The van der Waals surface area contributed by atoms with E-state index >= 15 is 0 Å². The highest BCUT2D eigenvalue weighted by Gasteiger charge is 2.22. The Hall–Kier alpha value is -0.480. The van der Waals surface area contributed by atoms with E-state index in [0.717, 1.165) is 0 Å². The van der Waals surface area contributed by atoms with E-state index in [-0.39, 0.29) is 18.4 Å². The van der Waals surface area contributed by atoms with Crippen LogP contribution in [0.2, 0.25) is 0 Å². The summed E-state index contributed by atoms with van der Waals surface area (Å²) in [6, 6.07) is 0. The maximum Gasteiger partial charge on any atom is 0.321 e. The molecule has 0 saturated carbocycles. The zero-order valence-electron chi connectivity index (χ0n) is 8.72. The van der Waals surface area contributed by atoms with Crippen molar-refractivity contribution in [1.29, 1.82) is 0 Å². The van der Waals surface area contributed by atoms with Gasteiger partial charge in [-0.15, -0.1) is 23.2 Å². The Morgan fingerprint density at radius 2 is 1.67 bits per heavy atom. The highest BCUT2D eigenvalue weighted by Crippen LogP contribution is 2.15. The van der Waals surface area contributed by atoms with Gasteiger partial charge in [0.1, 0.15) is 17.4 Å². The van der Waals surface area contributed by atoms with Crippen LogP contribution in [-0.2, 0) is 19.1 Å². The quantitative estimate of drug-likeness (QED) is 0.537. The summed E-state index contributed by atoms with van der Waals surface area (Å²) in [6.07, 6.45) is 0.401. The van der Waals surface area contributed by atoms with Crippen molar-refractivity contribution < 1.29 is 19.1 Å². The van der Waals surface area contributed by atoms with E-state index in [1.807, 2.05) is 0 Å². The van der Waals surface area contributed by atoms with Gasteiger partial charge in [-0.1, -0.05) is 0 Å². The molecule has 0 saturated heterocycles. The number of hydrogen-bond donors (Lipinski definition) is 0. The van der Waals surface area contributed by atoms with Crippen molar-refractivity contribution in [2.45, 2.75) is 25.9 Å². The number of carbonyl (C=O) groups is 2. The Kier molecular flexibility index (Phi) is 6.68. The molecular formula is C9H14Cl2O4. The van der Waals surface area contributed by atoms with E-state index in [1.54, 1.807) is 13.8 Å². The molecule has 88 valence electrons. The molecule has 0 aromatic heterocycles. The third-order valence-electron chi connectivity index (χ3n) is 1.58. The van der Waals surface area contributed by atoms with Crippen LogP contribution in [-0.4, -0.2) is 35.9 Å². The first-order chi connectivity index (χ1) is 6.91. The number of alkyl halides is 2. The number of rotatable bonds is 6. The summed E-state index contributed by atoms with van der Waals surface area (Å²) < 4.78 is 9.75. The highest BCUT2D eigenvalue weighted by molar-refractivity contribution is 6.26. The SMILES string of the molecule is CC(C)(CCOC(=O)CCl)OC(=O)CCl. The number of ether oxygens (including phenoxy) is 2. The Balaban J connectivity index is 3.83. The molecule has 0 fully saturated rings. The van der Waals surface area contributed by atoms with Gasteiger partial charge in [0, 0.05) is 6.42 Å². The molecule has 0 aliphatic carbocycles. The minimum Gasteiger partial charge on any atom is -0.465 e. The monoisotopic (exact) mass is 256 g/mol. The first-order valence-electron chi connectivity index (χ1n) is 4.40. The van der Waals surface area contributed by atoms with Crippen molar-refractivity contribution in [3.8, 4) is 0 Å². The zero-order chi connectivity index (χ0) is 11.9. The van der Waals surface area contributed by atoms with Gasteiger partial charge < -0.3 is 9.47 Å². The molecule has 0 radical (unpaired) electrons. The van der Waals surface area contributed by atoms with Crippen molar-refractivity contribution in [2.24, 2.45) is 0 Å². The molecule has 0 N–H and O–H groups in total. The Morgan fingerprint density at radius 3 is 2.13 bits per heavy atom. The lowest BCUT2D eigenvalue weighted by molar-refractivity contribution is -0.155. The van der Waals surface area contributed by atoms with Gasteiger partial charge in [0.15, 0.2) is 0 Å². The molecular weight excluding hydrogens is 243 g/mol. The molecule has 0 unspecified atom stereocenters. The van der Waals surface area contributed by atoms with Crippen LogP contribution >= 0.6 is 23.2 Å². The zero-order valence-corrected chi connectivity index (χ0v) is 10.2. The molecule has 0 aromatic rings. The van der Waals surface area contributed by atoms with Gasteiger partial charge in [0.2, 0.25) is 0 Å². The van der Waals surface area contributed by atoms with Crippen LogP contribution in [0.4, 0.5) is 0 Å². The largest absolute Gasteiger partial charge is 0.465 e. The normalized spacial score (nSPS) is 10.9. The molecule has 0 aromatic carbocycles. The second-order valence-corrected chi connectivity index (χ2v) is 4.01. The van der Waals surface area contributed by atoms with Gasteiger partial charge in [-0.3, -0.25) is 9.59 Å². The fourth-order valence-corrected chi connectivity index (χ4v) is 0.967. The van der Waals surface area contributed by atoms with Crippen LogP contribution in [0.25, 0.3) is 0 Å². The predicted octanol–water partition coefficient (Wildman–Crippen LogP) is 1.72. The summed E-state index contributed by atoms with van der Waals surface area (Å²) in [7, 11) is 0. The van der Waals surface area contributed by atoms with E-state index in [2.05, 4.69) is 0 Å². The lowest BCUT2D eigenvalue weighted by Gasteiger charge is -2.24. The van der Waals surface area contributed by atoms with Crippen molar-refractivity contribution in [3.63, 3.8) is 0 Å². The maximum absolute atomic E-state index is 10.9. The van der Waals surface area contributed by atoms with Crippen LogP contribution in [0.3, 0.4) is 0 Å². The fourth-order valence-electron chi connectivity index (χ4n) is 0.836. The van der Waals surface area contributed by atoms with Crippen LogP contribution in [0, 0.1) is 0 Å². The summed E-state index contributed by atoms with van der Waals surface area (Å²) in [5.74, 6) is -1.35. The molecule has 0 aliphatic rings. The van der Waals surface area contributed by atoms with Crippen LogP contribution in [0.15, 0.2) is 0 Å². The van der Waals surface area contributed by atoms with Gasteiger partial charge in [0.05, 0.1) is 6.61 Å². The van der Waals surface area contributed by atoms with E-state index in [0.29, 0.717) is 6.42 Å². The number of halogens is 2. The lowest BCUT2D eigenvalue weighted by Crippen LogP contribution is -2.30. The Morgan fingerprint density at radius 1 is 1.13 bits per heavy atom. The van der Waals surface area contributed by atoms with Gasteiger partial charge >= 0.3 is 11.9 Å². The molecule has 15 heavy (non-hydrogen) atoms. The van der Waals surface area contributed by atoms with Crippen molar-refractivity contribution in [1.82, 2.24) is 0 Å². The van der Waals surface area contributed by atoms with Crippen molar-refractivity contribution in [2.75, 3.05) is 18.4 Å². The first-order valence-corrected chi connectivity index (χ1v) is 5.47. The number of esters is 2. The average molecular weight is 257 g/mol. The topological polar surface area (TPSA) is 52.6 Å². The molecule has 0 heterocycles. The molecule has 0 spiro atoms. The average Bonchev–Trinajstić information content (AvgIpc) is 2.16. The molecule has 0 atom stereocenters. The van der Waals surface area contributed by atoms with Crippen molar-refractivity contribution >= 4 is 35.1 Å². The van der Waals surface area contributed by atoms with Crippen LogP contribution in [0.5, 0.6) is 0 Å². The Bertz CT molecular complexity index is 228. The minimum absolute atomic E-state index is 0.161. The fraction of sp³-hybridized carbons (Fsp3) is 0.778. The number of carbonyl (C=O) groups excluding carboxylic acids is 2. The molecule has 0 aliphatic heterocycles. The van der Waals surface area contributed by atoms with Gasteiger partial charge in [-0.25, -0.2) is 0 Å². The van der Waals surface area contributed by atoms with E-state index < -0.39 is 17.5 Å². The molecule has 0 amide bonds. The third kappa shape index (κ3) is 7.45. The molecule has 4 nitrogen and oxygen atoms in total. The van der Waals surface area contributed by atoms with Crippen LogP contribution in [0.1, 0.15) is 20.3 Å². The van der Waals surface area contributed by atoms with Gasteiger partial charge in [0.25, 0.3) is 0 Å². The van der Waals surface area contributed by atoms with Crippen LogP contribution < -0.4 is 0 Å². The van der Waals surface area contributed by atoms with E-state index in [4.69, 9.17) is 32.7 Å². The molecule has 0 bridgehead atoms. The maximum atomic E-state index is 10.9.